The molecule has 9 nitrogen and oxygen atoms in total. The van der Waals surface area contributed by atoms with Gasteiger partial charge in [-0.1, -0.05) is 12.8 Å². The minimum Gasteiger partial charge on any atom is -0.493 e. The quantitative estimate of drug-likeness (QED) is 0.591. The Bertz CT molecular complexity index is 911. The molecule has 0 aliphatic heterocycles. The van der Waals surface area contributed by atoms with Crippen LogP contribution in [0.4, 0.5) is 5.69 Å². The predicted molar refractivity (Wildman–Crippen MR) is 115 cm³/mol. The van der Waals surface area contributed by atoms with Crippen molar-refractivity contribution in [2.24, 2.45) is 5.92 Å². The number of esters is 1. The zero-order chi connectivity index (χ0) is 23.1. The van der Waals surface area contributed by atoms with Gasteiger partial charge < -0.3 is 24.8 Å². The summed E-state index contributed by atoms with van der Waals surface area (Å²) < 4.78 is 15.8. The fraction of sp³-hybridized carbons (Fsp3) is 0.565. The molecule has 2 saturated carbocycles. The molecule has 32 heavy (non-hydrogen) atoms. The van der Waals surface area contributed by atoms with Gasteiger partial charge in [0.1, 0.15) is 5.54 Å². The summed E-state index contributed by atoms with van der Waals surface area (Å²) in [6.45, 7) is -0.535. The van der Waals surface area contributed by atoms with Gasteiger partial charge in [-0.2, -0.15) is 5.26 Å². The Morgan fingerprint density at radius 1 is 1.06 bits per heavy atom. The fourth-order valence-electron chi connectivity index (χ4n) is 4.33. The van der Waals surface area contributed by atoms with Crippen molar-refractivity contribution in [1.29, 1.82) is 5.26 Å². The molecule has 2 aliphatic rings. The van der Waals surface area contributed by atoms with Crippen LogP contribution in [0.3, 0.4) is 0 Å². The van der Waals surface area contributed by atoms with E-state index in [1.807, 2.05) is 0 Å². The van der Waals surface area contributed by atoms with Crippen molar-refractivity contribution in [3.8, 4) is 17.6 Å². The van der Waals surface area contributed by atoms with E-state index in [-0.39, 0.29) is 28.8 Å². The van der Waals surface area contributed by atoms with Crippen LogP contribution in [0.5, 0.6) is 11.5 Å². The molecule has 0 bridgehead atoms. The predicted octanol–water partition coefficient (Wildman–Crippen LogP) is 2.94. The Balaban J connectivity index is 1.73. The molecule has 172 valence electrons. The number of nitrogens with one attached hydrogen (secondary N) is 2. The Morgan fingerprint density at radius 2 is 1.69 bits per heavy atom. The first-order valence-corrected chi connectivity index (χ1v) is 10.9. The number of rotatable bonds is 8. The number of carbonyl (C=O) groups is 3. The zero-order valence-corrected chi connectivity index (χ0v) is 18.5. The third-order valence-electron chi connectivity index (χ3n) is 6.11. The van der Waals surface area contributed by atoms with Crippen LogP contribution in [0.2, 0.25) is 0 Å². The Hall–Kier alpha value is -3.28. The molecule has 1 aromatic rings. The topological polar surface area (TPSA) is 127 Å². The number of carbonyl (C=O) groups excluding carboxylic acids is 3. The van der Waals surface area contributed by atoms with Crippen molar-refractivity contribution < 1.29 is 28.6 Å². The average molecular weight is 444 g/mol. The number of hydrogen-bond acceptors (Lipinski definition) is 7. The first-order chi connectivity index (χ1) is 15.4. The highest BCUT2D eigenvalue weighted by Crippen LogP contribution is 2.35. The molecule has 2 fully saturated rings. The summed E-state index contributed by atoms with van der Waals surface area (Å²) in [7, 11) is 2.89. The molecule has 0 aromatic heterocycles. The lowest BCUT2D eigenvalue weighted by Crippen LogP contribution is -2.46. The smallest absolute Gasteiger partial charge is 0.340 e. The lowest BCUT2D eigenvalue weighted by atomic mass is 10.00. The maximum Gasteiger partial charge on any atom is 0.340 e. The van der Waals surface area contributed by atoms with Gasteiger partial charge in [0, 0.05) is 18.1 Å². The van der Waals surface area contributed by atoms with E-state index in [2.05, 4.69) is 16.7 Å². The minimum atomic E-state index is -0.896. The van der Waals surface area contributed by atoms with Gasteiger partial charge in [0.15, 0.2) is 18.1 Å². The number of nitriles is 1. The number of methoxy groups -OCH3 is 2. The van der Waals surface area contributed by atoms with Gasteiger partial charge in [-0.15, -0.1) is 0 Å². The van der Waals surface area contributed by atoms with Gasteiger partial charge in [-0.25, -0.2) is 4.79 Å². The minimum absolute atomic E-state index is 0.0534. The summed E-state index contributed by atoms with van der Waals surface area (Å²) in [6.07, 6.45) is 6.49. The van der Waals surface area contributed by atoms with Crippen LogP contribution >= 0.6 is 0 Å². The molecule has 0 radical (unpaired) electrons. The Morgan fingerprint density at radius 3 is 2.28 bits per heavy atom. The summed E-state index contributed by atoms with van der Waals surface area (Å²) >= 11 is 0. The molecule has 0 saturated heterocycles. The summed E-state index contributed by atoms with van der Waals surface area (Å²) in [4.78, 5) is 37.8. The van der Waals surface area contributed by atoms with E-state index in [4.69, 9.17) is 14.2 Å². The molecule has 0 spiro atoms. The van der Waals surface area contributed by atoms with Crippen LogP contribution in [-0.4, -0.2) is 44.1 Å². The van der Waals surface area contributed by atoms with Gasteiger partial charge in [-0.05, 0) is 38.5 Å². The molecule has 9 heteroatoms. The van der Waals surface area contributed by atoms with Crippen molar-refractivity contribution in [1.82, 2.24) is 5.32 Å². The third kappa shape index (κ3) is 5.31. The van der Waals surface area contributed by atoms with Crippen LogP contribution in [0, 0.1) is 17.2 Å². The molecular formula is C23H29N3O6. The van der Waals surface area contributed by atoms with Crippen LogP contribution in [0.1, 0.15) is 61.7 Å². The number of nitrogens with zero attached hydrogens (tertiary/aromatic N) is 1. The van der Waals surface area contributed by atoms with E-state index < -0.39 is 24.0 Å². The van der Waals surface area contributed by atoms with E-state index in [1.54, 1.807) is 0 Å². The number of hydrogen-bond donors (Lipinski definition) is 2. The second-order valence-electron chi connectivity index (χ2n) is 8.25. The highest BCUT2D eigenvalue weighted by Gasteiger charge is 2.35. The van der Waals surface area contributed by atoms with Gasteiger partial charge in [0.05, 0.1) is 31.5 Å². The van der Waals surface area contributed by atoms with Crippen molar-refractivity contribution in [3.05, 3.63) is 17.7 Å². The molecule has 0 heterocycles. The van der Waals surface area contributed by atoms with E-state index >= 15 is 0 Å². The second-order valence-corrected chi connectivity index (χ2v) is 8.25. The van der Waals surface area contributed by atoms with Crippen LogP contribution in [0.25, 0.3) is 0 Å². The monoisotopic (exact) mass is 443 g/mol. The first kappa shape index (κ1) is 23.4. The standard InChI is InChI=1S/C23H29N3O6/c1-30-18-11-16(17(12-19(18)31-2)25-21(28)15-7-3-4-8-15)22(29)32-13-20(27)26-23(14-24)9-5-6-10-23/h11-12,15H,3-10,13H2,1-2H3,(H,25,28)(H,26,27). The van der Waals surface area contributed by atoms with Crippen molar-refractivity contribution in [2.45, 2.75) is 56.9 Å². The van der Waals surface area contributed by atoms with Crippen LogP contribution in [0.15, 0.2) is 12.1 Å². The summed E-state index contributed by atoms with van der Waals surface area (Å²) in [6, 6.07) is 5.08. The molecule has 2 amide bonds. The maximum absolute atomic E-state index is 12.8. The van der Waals surface area contributed by atoms with E-state index in [9.17, 15) is 19.6 Å². The second kappa shape index (κ2) is 10.4. The zero-order valence-electron chi connectivity index (χ0n) is 18.5. The van der Waals surface area contributed by atoms with Crippen molar-refractivity contribution in [2.75, 3.05) is 26.1 Å². The van der Waals surface area contributed by atoms with E-state index in [1.165, 1.54) is 26.4 Å². The normalized spacial score (nSPS) is 17.3. The number of anilines is 1. The molecule has 0 atom stereocenters. The Labute approximate surface area is 187 Å². The summed E-state index contributed by atoms with van der Waals surface area (Å²) in [5, 5.41) is 14.9. The Kier molecular flexibility index (Phi) is 7.57. The highest BCUT2D eigenvalue weighted by molar-refractivity contribution is 6.03. The van der Waals surface area contributed by atoms with Gasteiger partial charge in [0.25, 0.3) is 5.91 Å². The number of ether oxygens (including phenoxy) is 3. The third-order valence-corrected chi connectivity index (χ3v) is 6.11. The SMILES string of the molecule is COc1cc(NC(=O)C2CCCC2)c(C(=O)OCC(=O)NC2(C#N)CCCC2)cc1OC. The average Bonchev–Trinajstić information content (AvgIpc) is 3.50. The van der Waals surface area contributed by atoms with Crippen molar-refractivity contribution in [3.63, 3.8) is 0 Å². The largest absolute Gasteiger partial charge is 0.493 e. The molecular weight excluding hydrogens is 414 g/mol. The number of amides is 2. The number of benzene rings is 1. The van der Waals surface area contributed by atoms with Gasteiger partial charge >= 0.3 is 5.97 Å². The maximum atomic E-state index is 12.8. The van der Waals surface area contributed by atoms with E-state index in [0.29, 0.717) is 18.6 Å². The van der Waals surface area contributed by atoms with Crippen molar-refractivity contribution >= 4 is 23.5 Å². The van der Waals surface area contributed by atoms with Crippen LogP contribution in [-0.2, 0) is 14.3 Å². The fourth-order valence-corrected chi connectivity index (χ4v) is 4.33. The lowest BCUT2D eigenvalue weighted by Gasteiger charge is -2.22. The summed E-state index contributed by atoms with van der Waals surface area (Å²) in [5.74, 6) is -0.970. The summed E-state index contributed by atoms with van der Waals surface area (Å²) in [5.41, 5.74) is -0.611. The molecule has 0 unspecified atom stereocenters. The molecule has 2 N–H and O–H groups in total. The van der Waals surface area contributed by atoms with E-state index in [0.717, 1.165) is 38.5 Å². The van der Waals surface area contributed by atoms with Crippen LogP contribution < -0.4 is 20.1 Å². The van der Waals surface area contributed by atoms with Gasteiger partial charge in [0.2, 0.25) is 5.91 Å². The molecule has 3 rings (SSSR count). The van der Waals surface area contributed by atoms with Gasteiger partial charge in [-0.3, -0.25) is 9.59 Å². The lowest BCUT2D eigenvalue weighted by molar-refractivity contribution is -0.125. The highest BCUT2D eigenvalue weighted by atomic mass is 16.5. The molecule has 1 aromatic carbocycles. The molecule has 2 aliphatic carbocycles. The first-order valence-electron chi connectivity index (χ1n) is 10.9.